The summed E-state index contributed by atoms with van der Waals surface area (Å²) in [5.74, 6) is 0. The molecule has 0 bridgehead atoms. The van der Waals surface area contributed by atoms with Gasteiger partial charge in [-0.1, -0.05) is 78.4 Å². The first-order valence-electron chi connectivity index (χ1n) is 8.17. The van der Waals surface area contributed by atoms with E-state index in [9.17, 15) is 0 Å². The van der Waals surface area contributed by atoms with Gasteiger partial charge < -0.3 is 0 Å². The molecule has 0 heteroatoms. The van der Waals surface area contributed by atoms with Gasteiger partial charge >= 0.3 is 0 Å². The third kappa shape index (κ3) is 2.73. The molecule has 0 spiro atoms. The van der Waals surface area contributed by atoms with Crippen LogP contribution in [0.1, 0.15) is 22.3 Å². The second-order valence-corrected chi connectivity index (χ2v) is 6.49. The van der Waals surface area contributed by atoms with Crippen molar-refractivity contribution in [3.05, 3.63) is 95.1 Å². The highest BCUT2D eigenvalue weighted by atomic mass is 14.1. The first kappa shape index (κ1) is 14.0. The fraction of sp³-hybridized carbons (Fsp3) is 0.130. The van der Waals surface area contributed by atoms with Crippen LogP contribution in [-0.4, -0.2) is 0 Å². The summed E-state index contributed by atoms with van der Waals surface area (Å²) in [5.41, 5.74) is 5.40. The molecule has 0 aliphatic rings. The molecule has 0 fully saturated rings. The van der Waals surface area contributed by atoms with Gasteiger partial charge in [0.25, 0.3) is 0 Å². The molecule has 0 radical (unpaired) electrons. The van der Waals surface area contributed by atoms with Crippen LogP contribution in [0.15, 0.2) is 72.8 Å². The van der Waals surface area contributed by atoms with Crippen LogP contribution in [0.25, 0.3) is 21.5 Å². The number of benzene rings is 4. The molecule has 0 unspecified atom stereocenters. The number of fused-ring (bicyclic) bond motifs is 2. The Morgan fingerprint density at radius 3 is 2.22 bits per heavy atom. The molecule has 0 aliphatic heterocycles. The van der Waals surface area contributed by atoms with E-state index in [1.54, 1.807) is 0 Å². The highest BCUT2D eigenvalue weighted by Gasteiger charge is 2.02. The van der Waals surface area contributed by atoms with Crippen LogP contribution in [0.5, 0.6) is 0 Å². The Balaban J connectivity index is 1.72. The molecule has 0 atom stereocenters. The van der Waals surface area contributed by atoms with E-state index in [1.807, 2.05) is 0 Å². The van der Waals surface area contributed by atoms with Gasteiger partial charge in [0.15, 0.2) is 0 Å². The van der Waals surface area contributed by atoms with Crippen molar-refractivity contribution in [3.8, 4) is 0 Å². The highest BCUT2D eigenvalue weighted by molar-refractivity contribution is 5.86. The maximum Gasteiger partial charge on any atom is -0.00253 e. The van der Waals surface area contributed by atoms with Crippen molar-refractivity contribution in [2.75, 3.05) is 0 Å². The molecule has 0 aromatic heterocycles. The first-order chi connectivity index (χ1) is 11.2. The molecule has 23 heavy (non-hydrogen) atoms. The van der Waals surface area contributed by atoms with E-state index in [0.29, 0.717) is 0 Å². The summed E-state index contributed by atoms with van der Waals surface area (Å²) in [6.07, 6.45) is 0.980. The second kappa shape index (κ2) is 5.55. The van der Waals surface area contributed by atoms with Gasteiger partial charge in [0.1, 0.15) is 0 Å². The fourth-order valence-corrected chi connectivity index (χ4v) is 3.37. The van der Waals surface area contributed by atoms with Gasteiger partial charge in [-0.25, -0.2) is 0 Å². The van der Waals surface area contributed by atoms with Crippen molar-refractivity contribution in [1.29, 1.82) is 0 Å². The molecule has 0 heterocycles. The Morgan fingerprint density at radius 1 is 0.609 bits per heavy atom. The van der Waals surface area contributed by atoms with Crippen molar-refractivity contribution in [1.82, 2.24) is 0 Å². The predicted octanol–water partition coefficient (Wildman–Crippen LogP) is 6.20. The smallest absolute Gasteiger partial charge is 0.00253 e. The zero-order valence-corrected chi connectivity index (χ0v) is 13.6. The summed E-state index contributed by atoms with van der Waals surface area (Å²) in [6.45, 7) is 4.32. The molecule has 0 saturated heterocycles. The number of hydrogen-bond donors (Lipinski definition) is 0. The van der Waals surface area contributed by atoms with Crippen molar-refractivity contribution in [2.45, 2.75) is 20.3 Å². The first-order valence-corrected chi connectivity index (χ1v) is 8.17. The lowest BCUT2D eigenvalue weighted by molar-refractivity contribution is 1.21. The van der Waals surface area contributed by atoms with Gasteiger partial charge in [-0.2, -0.15) is 0 Å². The van der Waals surface area contributed by atoms with E-state index < -0.39 is 0 Å². The minimum Gasteiger partial charge on any atom is -0.0614 e. The molecular formula is C23H20. The molecule has 112 valence electrons. The Bertz CT molecular complexity index is 1000. The second-order valence-electron chi connectivity index (χ2n) is 6.49. The molecule has 0 nitrogen and oxygen atoms in total. The zero-order chi connectivity index (χ0) is 15.8. The largest absolute Gasteiger partial charge is 0.0614 e. The lowest BCUT2D eigenvalue weighted by atomic mass is 9.97. The molecule has 4 rings (SSSR count). The Labute approximate surface area is 137 Å². The van der Waals surface area contributed by atoms with Crippen LogP contribution in [0.3, 0.4) is 0 Å². The van der Waals surface area contributed by atoms with Gasteiger partial charge in [-0.05, 0) is 58.5 Å². The summed E-state index contributed by atoms with van der Waals surface area (Å²) in [4.78, 5) is 0. The van der Waals surface area contributed by atoms with Gasteiger partial charge in [0.2, 0.25) is 0 Å². The van der Waals surface area contributed by atoms with Crippen LogP contribution in [0.4, 0.5) is 0 Å². The zero-order valence-electron chi connectivity index (χ0n) is 13.6. The van der Waals surface area contributed by atoms with Crippen LogP contribution < -0.4 is 0 Å². The minimum atomic E-state index is 0.980. The van der Waals surface area contributed by atoms with E-state index in [1.165, 1.54) is 43.8 Å². The van der Waals surface area contributed by atoms with Gasteiger partial charge in [-0.15, -0.1) is 0 Å². The number of rotatable bonds is 2. The van der Waals surface area contributed by atoms with E-state index in [-0.39, 0.29) is 0 Å². The summed E-state index contributed by atoms with van der Waals surface area (Å²) in [7, 11) is 0. The minimum absolute atomic E-state index is 0.980. The SMILES string of the molecule is Cc1ccc2ccc(Cc3ccc4c(C)cccc4c3)cc2c1. The van der Waals surface area contributed by atoms with E-state index in [2.05, 4.69) is 86.6 Å². The van der Waals surface area contributed by atoms with Crippen LogP contribution in [0.2, 0.25) is 0 Å². The Morgan fingerprint density at radius 2 is 1.35 bits per heavy atom. The molecular weight excluding hydrogens is 276 g/mol. The molecule has 0 N–H and O–H groups in total. The standard InChI is InChI=1S/C23H20/c1-16-6-9-20-10-7-18(15-22(20)12-16)13-19-8-11-23-17(2)4-3-5-21(23)14-19/h3-12,14-15H,13H2,1-2H3. The fourth-order valence-electron chi connectivity index (χ4n) is 3.37. The van der Waals surface area contributed by atoms with Crippen molar-refractivity contribution in [3.63, 3.8) is 0 Å². The summed E-state index contributed by atoms with van der Waals surface area (Å²) < 4.78 is 0. The van der Waals surface area contributed by atoms with E-state index in [4.69, 9.17) is 0 Å². The molecule has 4 aromatic carbocycles. The maximum absolute atomic E-state index is 2.32. The average molecular weight is 296 g/mol. The van der Waals surface area contributed by atoms with Crippen LogP contribution >= 0.6 is 0 Å². The summed E-state index contributed by atoms with van der Waals surface area (Å²) >= 11 is 0. The monoisotopic (exact) mass is 296 g/mol. The highest BCUT2D eigenvalue weighted by Crippen LogP contribution is 2.23. The molecule has 0 saturated carbocycles. The Hall–Kier alpha value is -2.60. The summed E-state index contributed by atoms with van der Waals surface area (Å²) in [6, 6.07) is 26.8. The normalized spacial score (nSPS) is 11.2. The summed E-state index contributed by atoms with van der Waals surface area (Å²) in [5, 5.41) is 5.33. The quantitative estimate of drug-likeness (QED) is 0.413. The van der Waals surface area contributed by atoms with Crippen molar-refractivity contribution in [2.24, 2.45) is 0 Å². The molecule has 0 aliphatic carbocycles. The van der Waals surface area contributed by atoms with Gasteiger partial charge in [0, 0.05) is 0 Å². The van der Waals surface area contributed by atoms with Crippen molar-refractivity contribution < 1.29 is 0 Å². The third-order valence-corrected chi connectivity index (χ3v) is 4.63. The van der Waals surface area contributed by atoms with E-state index >= 15 is 0 Å². The van der Waals surface area contributed by atoms with Crippen LogP contribution in [0, 0.1) is 13.8 Å². The maximum atomic E-state index is 2.32. The van der Waals surface area contributed by atoms with E-state index in [0.717, 1.165) is 6.42 Å². The molecule has 4 aromatic rings. The topological polar surface area (TPSA) is 0 Å². The number of hydrogen-bond acceptors (Lipinski definition) is 0. The lowest BCUT2D eigenvalue weighted by Crippen LogP contribution is -1.89. The van der Waals surface area contributed by atoms with Crippen LogP contribution in [-0.2, 0) is 6.42 Å². The molecule has 0 amide bonds. The predicted molar refractivity (Wildman–Crippen MR) is 100 cm³/mol. The Kier molecular flexibility index (Phi) is 3.38. The van der Waals surface area contributed by atoms with Gasteiger partial charge in [-0.3, -0.25) is 0 Å². The van der Waals surface area contributed by atoms with Crippen molar-refractivity contribution >= 4 is 21.5 Å². The lowest BCUT2D eigenvalue weighted by Gasteiger charge is -2.08. The van der Waals surface area contributed by atoms with Gasteiger partial charge in [0.05, 0.1) is 0 Å². The number of aryl methyl sites for hydroxylation is 2. The third-order valence-electron chi connectivity index (χ3n) is 4.63. The average Bonchev–Trinajstić information content (AvgIpc) is 2.54.